The van der Waals surface area contributed by atoms with Crippen molar-refractivity contribution in [2.45, 2.75) is 52.0 Å². The largest absolute Gasteiger partial charge is 0.469 e. The van der Waals surface area contributed by atoms with E-state index >= 15 is 0 Å². The molecule has 1 aromatic rings. The molecule has 1 fully saturated rings. The van der Waals surface area contributed by atoms with E-state index in [4.69, 9.17) is 4.74 Å². The molecule has 0 radical (unpaired) electrons. The van der Waals surface area contributed by atoms with Crippen LogP contribution in [0, 0.1) is 17.2 Å². The van der Waals surface area contributed by atoms with Gasteiger partial charge in [-0.15, -0.1) is 5.10 Å². The summed E-state index contributed by atoms with van der Waals surface area (Å²) >= 11 is 0. The second-order valence-electron chi connectivity index (χ2n) is 5.54. The standard InChI is InChI=1S/C16H22N4O2/c1-4-12-13(9-17)15(20-19-14(12)5-2)18-11-7-6-10(8-11)16(21)22-3/h10-11H,4-8H2,1-3H3,(H,18,20)/t10-,11+/m0/s1. The smallest absolute Gasteiger partial charge is 0.308 e. The molecule has 0 bridgehead atoms. The van der Waals surface area contributed by atoms with Crippen molar-refractivity contribution in [3.05, 3.63) is 16.8 Å². The molecule has 1 N–H and O–H groups in total. The average Bonchev–Trinajstić information content (AvgIpc) is 3.01. The van der Waals surface area contributed by atoms with Crippen LogP contribution in [0.15, 0.2) is 0 Å². The minimum atomic E-state index is -0.161. The number of rotatable bonds is 5. The molecular formula is C16H22N4O2. The first-order valence-corrected chi connectivity index (χ1v) is 7.77. The van der Waals surface area contributed by atoms with Crippen LogP contribution < -0.4 is 5.32 Å². The molecule has 0 saturated heterocycles. The van der Waals surface area contributed by atoms with Crippen LogP contribution in [0.4, 0.5) is 5.82 Å². The summed E-state index contributed by atoms with van der Waals surface area (Å²) in [7, 11) is 1.42. The van der Waals surface area contributed by atoms with Crippen molar-refractivity contribution in [3.63, 3.8) is 0 Å². The predicted molar refractivity (Wildman–Crippen MR) is 82.3 cm³/mol. The molecule has 118 valence electrons. The Hall–Kier alpha value is -2.16. The lowest BCUT2D eigenvalue weighted by Crippen LogP contribution is -2.21. The fourth-order valence-electron chi connectivity index (χ4n) is 3.08. The van der Waals surface area contributed by atoms with E-state index in [0.29, 0.717) is 17.8 Å². The molecule has 22 heavy (non-hydrogen) atoms. The SMILES string of the molecule is CCc1nnc(N[C@@H]2CC[C@H](C(=O)OC)C2)c(C#N)c1CC. The van der Waals surface area contributed by atoms with Crippen LogP contribution in [0.5, 0.6) is 0 Å². The molecule has 1 aliphatic rings. The van der Waals surface area contributed by atoms with Crippen molar-refractivity contribution < 1.29 is 9.53 Å². The van der Waals surface area contributed by atoms with Gasteiger partial charge in [-0.05, 0) is 37.7 Å². The number of methoxy groups -OCH3 is 1. The van der Waals surface area contributed by atoms with E-state index in [9.17, 15) is 10.1 Å². The molecule has 0 spiro atoms. The number of aryl methyl sites for hydroxylation is 1. The van der Waals surface area contributed by atoms with Crippen LogP contribution in [-0.2, 0) is 22.4 Å². The summed E-state index contributed by atoms with van der Waals surface area (Å²) in [5, 5.41) is 21.2. The van der Waals surface area contributed by atoms with Gasteiger partial charge in [0.1, 0.15) is 11.6 Å². The third-order valence-electron chi connectivity index (χ3n) is 4.27. The van der Waals surface area contributed by atoms with Crippen molar-refractivity contribution >= 4 is 11.8 Å². The van der Waals surface area contributed by atoms with Crippen LogP contribution >= 0.6 is 0 Å². The molecule has 0 aliphatic heterocycles. The zero-order valence-corrected chi connectivity index (χ0v) is 13.3. The highest BCUT2D eigenvalue weighted by molar-refractivity contribution is 5.72. The molecule has 6 nitrogen and oxygen atoms in total. The van der Waals surface area contributed by atoms with Gasteiger partial charge < -0.3 is 10.1 Å². The van der Waals surface area contributed by atoms with E-state index in [1.54, 1.807) is 0 Å². The van der Waals surface area contributed by atoms with Crippen molar-refractivity contribution in [2.75, 3.05) is 12.4 Å². The number of nitrogens with one attached hydrogen (secondary N) is 1. The molecule has 0 amide bonds. The Bertz CT molecular complexity index is 595. The van der Waals surface area contributed by atoms with Gasteiger partial charge in [-0.25, -0.2) is 0 Å². The maximum atomic E-state index is 11.6. The van der Waals surface area contributed by atoms with Crippen LogP contribution in [0.2, 0.25) is 0 Å². The quantitative estimate of drug-likeness (QED) is 0.839. The zero-order chi connectivity index (χ0) is 16.1. The molecule has 1 saturated carbocycles. The number of esters is 1. The average molecular weight is 302 g/mol. The molecule has 1 aromatic heterocycles. The lowest BCUT2D eigenvalue weighted by molar-refractivity contribution is -0.145. The third-order valence-corrected chi connectivity index (χ3v) is 4.27. The van der Waals surface area contributed by atoms with Crippen molar-refractivity contribution in [3.8, 4) is 6.07 Å². The van der Waals surface area contributed by atoms with E-state index in [2.05, 4.69) is 21.6 Å². The second-order valence-corrected chi connectivity index (χ2v) is 5.54. The van der Waals surface area contributed by atoms with Crippen LogP contribution in [0.3, 0.4) is 0 Å². The van der Waals surface area contributed by atoms with Gasteiger partial charge in [0.05, 0.1) is 18.7 Å². The van der Waals surface area contributed by atoms with Gasteiger partial charge in [0, 0.05) is 6.04 Å². The summed E-state index contributed by atoms with van der Waals surface area (Å²) in [5.74, 6) is 0.306. The molecule has 1 heterocycles. The second kappa shape index (κ2) is 7.21. The topological polar surface area (TPSA) is 87.9 Å². The molecule has 2 rings (SSSR count). The Morgan fingerprint density at radius 1 is 1.36 bits per heavy atom. The fourth-order valence-corrected chi connectivity index (χ4v) is 3.08. The Labute approximate surface area is 130 Å². The molecule has 0 unspecified atom stereocenters. The van der Waals surface area contributed by atoms with E-state index in [-0.39, 0.29) is 17.9 Å². The highest BCUT2D eigenvalue weighted by Gasteiger charge is 2.31. The summed E-state index contributed by atoms with van der Waals surface area (Å²) in [5.41, 5.74) is 2.42. The highest BCUT2D eigenvalue weighted by Crippen LogP contribution is 2.30. The zero-order valence-electron chi connectivity index (χ0n) is 13.3. The van der Waals surface area contributed by atoms with Crippen LogP contribution in [0.1, 0.15) is 49.9 Å². The number of hydrogen-bond acceptors (Lipinski definition) is 6. The first-order valence-electron chi connectivity index (χ1n) is 7.77. The summed E-state index contributed by atoms with van der Waals surface area (Å²) in [6, 6.07) is 2.38. The van der Waals surface area contributed by atoms with Gasteiger partial charge in [0.15, 0.2) is 5.82 Å². The first-order chi connectivity index (χ1) is 10.6. The summed E-state index contributed by atoms with van der Waals surface area (Å²) < 4.78 is 4.80. The normalized spacial score (nSPS) is 20.5. The predicted octanol–water partition coefficient (Wildman–Crippen LogP) is 2.23. The lowest BCUT2D eigenvalue weighted by Gasteiger charge is -2.16. The van der Waals surface area contributed by atoms with Gasteiger partial charge in [-0.1, -0.05) is 13.8 Å². The van der Waals surface area contributed by atoms with Crippen molar-refractivity contribution in [1.29, 1.82) is 5.26 Å². The number of anilines is 1. The summed E-state index contributed by atoms with van der Waals surface area (Å²) in [4.78, 5) is 11.6. The summed E-state index contributed by atoms with van der Waals surface area (Å²) in [6.45, 7) is 4.03. The number of ether oxygens (including phenoxy) is 1. The lowest BCUT2D eigenvalue weighted by atomic mass is 10.0. The Balaban J connectivity index is 2.17. The molecule has 2 atom stereocenters. The number of hydrogen-bond donors (Lipinski definition) is 1. The van der Waals surface area contributed by atoms with Crippen molar-refractivity contribution in [1.82, 2.24) is 10.2 Å². The van der Waals surface area contributed by atoms with Crippen LogP contribution in [0.25, 0.3) is 0 Å². The van der Waals surface area contributed by atoms with Gasteiger partial charge >= 0.3 is 5.97 Å². The van der Waals surface area contributed by atoms with Gasteiger partial charge in [0.25, 0.3) is 0 Å². The third kappa shape index (κ3) is 3.19. The maximum Gasteiger partial charge on any atom is 0.308 e. The molecule has 6 heteroatoms. The van der Waals surface area contributed by atoms with E-state index in [0.717, 1.165) is 36.9 Å². The molecule has 1 aliphatic carbocycles. The van der Waals surface area contributed by atoms with Crippen molar-refractivity contribution in [2.24, 2.45) is 5.92 Å². The first kappa shape index (κ1) is 16.2. The maximum absolute atomic E-state index is 11.6. The number of nitrogens with zero attached hydrogens (tertiary/aromatic N) is 3. The Kier molecular flexibility index (Phi) is 5.31. The number of aromatic nitrogens is 2. The van der Waals surface area contributed by atoms with E-state index in [1.807, 2.05) is 13.8 Å². The number of nitriles is 1. The van der Waals surface area contributed by atoms with E-state index in [1.165, 1.54) is 7.11 Å². The molecule has 0 aromatic carbocycles. The Morgan fingerprint density at radius 2 is 2.14 bits per heavy atom. The van der Waals surface area contributed by atoms with Crippen LogP contribution in [-0.4, -0.2) is 29.3 Å². The van der Waals surface area contributed by atoms with E-state index < -0.39 is 0 Å². The van der Waals surface area contributed by atoms with Gasteiger partial charge in [-0.2, -0.15) is 10.4 Å². The fraction of sp³-hybridized carbons (Fsp3) is 0.625. The highest BCUT2D eigenvalue weighted by atomic mass is 16.5. The summed E-state index contributed by atoms with van der Waals surface area (Å²) in [6.07, 6.45) is 3.89. The molecular weight excluding hydrogens is 280 g/mol. The van der Waals surface area contributed by atoms with Gasteiger partial charge in [0.2, 0.25) is 0 Å². The monoisotopic (exact) mass is 302 g/mol. The number of carbonyl (C=O) groups excluding carboxylic acids is 1. The number of carbonyl (C=O) groups is 1. The Morgan fingerprint density at radius 3 is 2.73 bits per heavy atom. The minimum Gasteiger partial charge on any atom is -0.469 e. The van der Waals surface area contributed by atoms with Gasteiger partial charge in [-0.3, -0.25) is 4.79 Å². The minimum absolute atomic E-state index is 0.0680.